The molecule has 0 spiro atoms. The Morgan fingerprint density at radius 1 is 1.13 bits per heavy atom. The van der Waals surface area contributed by atoms with Crippen molar-refractivity contribution in [2.45, 2.75) is 26.6 Å². The lowest BCUT2D eigenvalue weighted by Gasteiger charge is -2.23. The first-order chi connectivity index (χ1) is 14.0. The van der Waals surface area contributed by atoms with Gasteiger partial charge in [-0.3, -0.25) is 9.48 Å². The number of carbonyl (C=O) groups is 1. The number of benzene rings is 2. The van der Waals surface area contributed by atoms with Gasteiger partial charge < -0.3 is 9.47 Å². The maximum atomic E-state index is 12.7. The predicted molar refractivity (Wildman–Crippen MR) is 107 cm³/mol. The van der Waals surface area contributed by atoms with Crippen molar-refractivity contribution >= 4 is 16.9 Å². The van der Waals surface area contributed by atoms with Gasteiger partial charge in [0.05, 0.1) is 24.6 Å². The van der Waals surface area contributed by atoms with Gasteiger partial charge in [0, 0.05) is 10.9 Å². The van der Waals surface area contributed by atoms with Gasteiger partial charge in [-0.05, 0) is 32.0 Å². The molecule has 0 aliphatic carbocycles. The summed E-state index contributed by atoms with van der Waals surface area (Å²) in [6.45, 7) is 5.80. The summed E-state index contributed by atoms with van der Waals surface area (Å²) in [5, 5.41) is 5.43. The molecule has 0 unspecified atom stereocenters. The molecule has 0 radical (unpaired) electrons. The Bertz CT molecular complexity index is 1090. The van der Waals surface area contributed by atoms with Crippen LogP contribution in [0.3, 0.4) is 0 Å². The topological polar surface area (TPSA) is 53.4 Å². The first-order valence-electron chi connectivity index (χ1n) is 9.11. The van der Waals surface area contributed by atoms with Crippen LogP contribution in [0.15, 0.2) is 60.9 Å². The number of hydrogen-bond acceptors (Lipinski definition) is 4. The molecule has 158 valence electrons. The summed E-state index contributed by atoms with van der Waals surface area (Å²) in [6, 6.07) is 14.8. The minimum Gasteiger partial charge on any atom is -0.497 e. The van der Waals surface area contributed by atoms with Crippen molar-refractivity contribution < 1.29 is 27.4 Å². The Morgan fingerprint density at radius 2 is 1.80 bits per heavy atom. The Morgan fingerprint density at radius 3 is 2.40 bits per heavy atom. The van der Waals surface area contributed by atoms with Gasteiger partial charge in [-0.1, -0.05) is 36.9 Å². The second kappa shape index (κ2) is 7.85. The molecule has 0 aliphatic heterocycles. The van der Waals surface area contributed by atoms with Gasteiger partial charge in [-0.15, -0.1) is 0 Å². The lowest BCUT2D eigenvalue weighted by atomic mass is 9.93. The Kier molecular flexibility index (Phi) is 5.61. The number of alkyl halides is 3. The average Bonchev–Trinajstić information content (AvgIpc) is 3.04. The SMILES string of the molecule is C=C(OC(=O)C(C)(C)Cn1nc(-c2ccccc2)c2cc(OC)ccc21)C(F)(F)F. The second-order valence-electron chi connectivity index (χ2n) is 7.45. The lowest BCUT2D eigenvalue weighted by Crippen LogP contribution is -2.33. The van der Waals surface area contributed by atoms with Crippen LogP contribution in [0.2, 0.25) is 0 Å². The number of nitrogens with zero attached hydrogens (tertiary/aromatic N) is 2. The van der Waals surface area contributed by atoms with Crippen LogP contribution in [0.25, 0.3) is 22.2 Å². The molecule has 0 atom stereocenters. The molecule has 3 aromatic rings. The van der Waals surface area contributed by atoms with E-state index < -0.39 is 23.3 Å². The zero-order chi connectivity index (χ0) is 22.1. The summed E-state index contributed by atoms with van der Waals surface area (Å²) in [5.41, 5.74) is 0.958. The van der Waals surface area contributed by atoms with E-state index in [-0.39, 0.29) is 6.54 Å². The molecule has 0 fully saturated rings. The highest BCUT2D eigenvalue weighted by Crippen LogP contribution is 2.34. The molecule has 30 heavy (non-hydrogen) atoms. The highest BCUT2D eigenvalue weighted by Gasteiger charge is 2.39. The molecule has 1 aromatic heterocycles. The van der Waals surface area contributed by atoms with Crippen molar-refractivity contribution in [3.63, 3.8) is 0 Å². The van der Waals surface area contributed by atoms with E-state index >= 15 is 0 Å². The number of rotatable bonds is 6. The minimum absolute atomic E-state index is 0.00658. The number of hydrogen-bond donors (Lipinski definition) is 0. The van der Waals surface area contributed by atoms with Crippen LogP contribution in [0.4, 0.5) is 13.2 Å². The van der Waals surface area contributed by atoms with Gasteiger partial charge in [0.1, 0.15) is 11.4 Å². The van der Waals surface area contributed by atoms with Crippen LogP contribution in [0.1, 0.15) is 13.8 Å². The van der Waals surface area contributed by atoms with Crippen LogP contribution in [-0.2, 0) is 16.1 Å². The van der Waals surface area contributed by atoms with Gasteiger partial charge in [0.2, 0.25) is 5.76 Å². The summed E-state index contributed by atoms with van der Waals surface area (Å²) in [7, 11) is 1.56. The smallest absolute Gasteiger partial charge is 0.449 e. The molecular formula is C22H21F3N2O3. The third kappa shape index (κ3) is 4.32. The van der Waals surface area contributed by atoms with Gasteiger partial charge >= 0.3 is 12.1 Å². The Balaban J connectivity index is 2.00. The molecule has 5 nitrogen and oxygen atoms in total. The fourth-order valence-corrected chi connectivity index (χ4v) is 2.96. The predicted octanol–water partition coefficient (Wildman–Crippen LogP) is 5.36. The molecule has 3 rings (SSSR count). The molecule has 0 bridgehead atoms. The number of fused-ring (bicyclic) bond motifs is 1. The van der Waals surface area contributed by atoms with Gasteiger partial charge in [0.15, 0.2) is 0 Å². The molecule has 1 heterocycles. The molecule has 0 saturated carbocycles. The van der Waals surface area contributed by atoms with E-state index in [0.29, 0.717) is 17.0 Å². The van der Waals surface area contributed by atoms with E-state index in [9.17, 15) is 18.0 Å². The largest absolute Gasteiger partial charge is 0.497 e. The highest BCUT2D eigenvalue weighted by molar-refractivity contribution is 5.94. The van der Waals surface area contributed by atoms with E-state index in [1.165, 1.54) is 13.8 Å². The number of ether oxygens (including phenoxy) is 2. The van der Waals surface area contributed by atoms with Crippen molar-refractivity contribution in [1.29, 1.82) is 0 Å². The van der Waals surface area contributed by atoms with E-state index in [4.69, 9.17) is 4.74 Å². The third-order valence-corrected chi connectivity index (χ3v) is 4.63. The number of methoxy groups -OCH3 is 1. The maximum absolute atomic E-state index is 12.7. The fraction of sp³-hybridized carbons (Fsp3) is 0.273. The molecule has 8 heteroatoms. The van der Waals surface area contributed by atoms with Crippen molar-refractivity contribution in [2.24, 2.45) is 5.41 Å². The van der Waals surface area contributed by atoms with Crippen LogP contribution in [0, 0.1) is 5.41 Å². The molecule has 2 aromatic carbocycles. The third-order valence-electron chi connectivity index (χ3n) is 4.63. The molecule has 0 N–H and O–H groups in total. The maximum Gasteiger partial charge on any atom is 0.449 e. The van der Waals surface area contributed by atoms with Crippen LogP contribution < -0.4 is 4.74 Å². The van der Waals surface area contributed by atoms with Crippen molar-refractivity contribution in [2.75, 3.05) is 7.11 Å². The number of allylic oxidation sites excluding steroid dienone is 1. The number of halogens is 3. The van der Waals surface area contributed by atoms with Gasteiger partial charge in [-0.25, -0.2) is 0 Å². The van der Waals surface area contributed by atoms with Crippen LogP contribution in [0.5, 0.6) is 5.75 Å². The van der Waals surface area contributed by atoms with E-state index in [1.807, 2.05) is 36.4 Å². The van der Waals surface area contributed by atoms with E-state index in [1.54, 1.807) is 23.9 Å². The van der Waals surface area contributed by atoms with Crippen molar-refractivity contribution in [1.82, 2.24) is 9.78 Å². The Hall–Kier alpha value is -3.29. The fourth-order valence-electron chi connectivity index (χ4n) is 2.96. The zero-order valence-corrected chi connectivity index (χ0v) is 16.8. The summed E-state index contributed by atoms with van der Waals surface area (Å²) >= 11 is 0. The summed E-state index contributed by atoms with van der Waals surface area (Å²) in [4.78, 5) is 12.4. The number of carbonyl (C=O) groups excluding carboxylic acids is 1. The second-order valence-corrected chi connectivity index (χ2v) is 7.45. The van der Waals surface area contributed by atoms with Gasteiger partial charge in [-0.2, -0.15) is 18.3 Å². The molecule has 0 saturated heterocycles. The molecule has 0 amide bonds. The summed E-state index contributed by atoms with van der Waals surface area (Å²) in [6.07, 6.45) is -4.80. The van der Waals surface area contributed by atoms with Crippen molar-refractivity contribution in [3.8, 4) is 17.0 Å². The first kappa shape index (κ1) is 21.4. The van der Waals surface area contributed by atoms with E-state index in [0.717, 1.165) is 10.9 Å². The summed E-state index contributed by atoms with van der Waals surface area (Å²) < 4.78 is 49.4. The lowest BCUT2D eigenvalue weighted by molar-refractivity contribution is -0.168. The standard InChI is InChI=1S/C22H21F3N2O3/c1-14(22(23,24)25)30-20(28)21(2,3)13-27-18-11-10-16(29-4)12-17(18)19(26-27)15-8-6-5-7-9-15/h5-12H,1,13H2,2-4H3. The Labute approximate surface area is 171 Å². The highest BCUT2D eigenvalue weighted by atomic mass is 19.4. The quantitative estimate of drug-likeness (QED) is 0.400. The van der Waals surface area contributed by atoms with E-state index in [2.05, 4.69) is 16.4 Å². The van der Waals surface area contributed by atoms with Crippen molar-refractivity contribution in [3.05, 3.63) is 60.9 Å². The first-order valence-corrected chi connectivity index (χ1v) is 9.11. The van der Waals surface area contributed by atoms with Crippen LogP contribution in [-0.4, -0.2) is 29.0 Å². The number of aromatic nitrogens is 2. The average molecular weight is 418 g/mol. The monoisotopic (exact) mass is 418 g/mol. The normalized spacial score (nSPS) is 12.1. The van der Waals surface area contributed by atoms with Crippen LogP contribution >= 0.6 is 0 Å². The molecule has 0 aliphatic rings. The number of esters is 1. The minimum atomic E-state index is -4.80. The molecular weight excluding hydrogens is 397 g/mol. The van der Waals surface area contributed by atoms with Gasteiger partial charge in [0.25, 0.3) is 0 Å². The zero-order valence-electron chi connectivity index (χ0n) is 16.8. The summed E-state index contributed by atoms with van der Waals surface area (Å²) in [5.74, 6) is -1.94.